The van der Waals surface area contributed by atoms with Gasteiger partial charge in [0.1, 0.15) is 0 Å². The Morgan fingerprint density at radius 2 is 1.55 bits per heavy atom. The molecule has 1 aromatic carbocycles. The van der Waals surface area contributed by atoms with Gasteiger partial charge in [0.15, 0.2) is 0 Å². The van der Waals surface area contributed by atoms with E-state index in [0.29, 0.717) is 16.7 Å². The molecular formula is C15H22N2O2S. The summed E-state index contributed by atoms with van der Waals surface area (Å²) in [4.78, 5) is 0.480. The molecule has 1 saturated carbocycles. The highest BCUT2D eigenvalue weighted by Gasteiger charge is 2.54. The first-order chi connectivity index (χ1) is 9.33. The molecule has 0 aromatic heterocycles. The second-order valence-corrected chi connectivity index (χ2v) is 7.87. The summed E-state index contributed by atoms with van der Waals surface area (Å²) in [7, 11) is -3.42. The van der Waals surface area contributed by atoms with Crippen molar-refractivity contribution in [2.24, 2.45) is 11.8 Å². The molecule has 1 aromatic rings. The molecule has 2 fully saturated rings. The molecule has 4 nitrogen and oxygen atoms in total. The lowest BCUT2D eigenvalue weighted by Crippen LogP contribution is -2.33. The van der Waals surface area contributed by atoms with Crippen LogP contribution in [0.15, 0.2) is 11.0 Å². The molecule has 2 N–H and O–H groups in total. The van der Waals surface area contributed by atoms with Gasteiger partial charge in [-0.05, 0) is 74.9 Å². The number of nitrogens with one attached hydrogen (secondary N) is 2. The summed E-state index contributed by atoms with van der Waals surface area (Å²) in [5.74, 6) is 0.965. The molecule has 0 spiro atoms. The molecule has 0 amide bonds. The fourth-order valence-corrected chi connectivity index (χ4v) is 5.37. The molecule has 20 heavy (non-hydrogen) atoms. The van der Waals surface area contributed by atoms with Gasteiger partial charge in [0, 0.05) is 6.04 Å². The third kappa shape index (κ3) is 2.08. The van der Waals surface area contributed by atoms with Crippen LogP contribution < -0.4 is 10.0 Å². The predicted molar refractivity (Wildman–Crippen MR) is 79.3 cm³/mol. The summed E-state index contributed by atoms with van der Waals surface area (Å²) in [5.41, 5.74) is 3.80. The normalized spacial score (nSPS) is 28.5. The van der Waals surface area contributed by atoms with Crippen LogP contribution >= 0.6 is 0 Å². The minimum absolute atomic E-state index is 0.126. The number of hydrogen-bond donors (Lipinski definition) is 2. The Morgan fingerprint density at radius 3 is 2.05 bits per heavy atom. The van der Waals surface area contributed by atoms with Crippen LogP contribution in [0.5, 0.6) is 0 Å². The van der Waals surface area contributed by atoms with Crippen LogP contribution in [0.3, 0.4) is 0 Å². The second-order valence-electron chi connectivity index (χ2n) is 6.22. The zero-order chi connectivity index (χ0) is 14.7. The first kappa shape index (κ1) is 14.0. The molecule has 3 rings (SSSR count). The number of piperidine rings is 1. The van der Waals surface area contributed by atoms with E-state index in [4.69, 9.17) is 0 Å². The minimum atomic E-state index is -3.42. The maximum absolute atomic E-state index is 12.7. The van der Waals surface area contributed by atoms with Gasteiger partial charge in [-0.2, -0.15) is 0 Å². The molecule has 5 heteroatoms. The number of benzene rings is 1. The average molecular weight is 294 g/mol. The highest BCUT2D eigenvalue weighted by molar-refractivity contribution is 7.89. The van der Waals surface area contributed by atoms with Gasteiger partial charge in [-0.1, -0.05) is 6.07 Å². The predicted octanol–water partition coefficient (Wildman–Crippen LogP) is 1.42. The Labute approximate surface area is 121 Å². The molecule has 2 unspecified atom stereocenters. The summed E-state index contributed by atoms with van der Waals surface area (Å²) in [6, 6.07) is 2.18. The first-order valence-electron chi connectivity index (χ1n) is 7.13. The second kappa shape index (κ2) is 4.55. The van der Waals surface area contributed by atoms with E-state index in [9.17, 15) is 8.42 Å². The van der Waals surface area contributed by atoms with Crippen molar-refractivity contribution in [2.75, 3.05) is 13.1 Å². The van der Waals surface area contributed by atoms with Crippen molar-refractivity contribution in [1.82, 2.24) is 10.0 Å². The Hall–Kier alpha value is -0.910. The largest absolute Gasteiger partial charge is 0.316 e. The van der Waals surface area contributed by atoms with Gasteiger partial charge in [0.2, 0.25) is 10.0 Å². The monoisotopic (exact) mass is 294 g/mol. The van der Waals surface area contributed by atoms with Gasteiger partial charge in [0.05, 0.1) is 4.90 Å². The van der Waals surface area contributed by atoms with E-state index in [0.717, 1.165) is 35.3 Å². The Morgan fingerprint density at radius 1 is 1.05 bits per heavy atom. The third-order valence-corrected chi connectivity index (χ3v) is 6.68. The van der Waals surface area contributed by atoms with Crippen LogP contribution in [0.25, 0.3) is 0 Å². The number of aryl methyl sites for hydroxylation is 2. The van der Waals surface area contributed by atoms with Crippen molar-refractivity contribution in [3.8, 4) is 0 Å². The average Bonchev–Trinajstić information content (AvgIpc) is 2.80. The fraction of sp³-hybridized carbons (Fsp3) is 0.600. The maximum atomic E-state index is 12.7. The molecule has 0 bridgehead atoms. The molecule has 2 aliphatic rings. The van der Waals surface area contributed by atoms with E-state index in [1.54, 1.807) is 0 Å². The molecule has 1 aliphatic carbocycles. The molecule has 2 atom stereocenters. The minimum Gasteiger partial charge on any atom is -0.316 e. The third-order valence-electron chi connectivity index (χ3n) is 4.95. The van der Waals surface area contributed by atoms with Crippen LogP contribution in [-0.4, -0.2) is 27.5 Å². The van der Waals surface area contributed by atoms with Crippen molar-refractivity contribution in [3.63, 3.8) is 0 Å². The van der Waals surface area contributed by atoms with Crippen molar-refractivity contribution in [2.45, 2.75) is 38.6 Å². The standard InChI is InChI=1S/C15H22N2O2S/c1-8-5-9(2)11(4)15(10(8)3)20(18,19)17-14-12-6-16-7-13(12)14/h5,12-14,16-17H,6-7H2,1-4H3. The van der Waals surface area contributed by atoms with Crippen LogP contribution in [0.1, 0.15) is 22.3 Å². The highest BCUT2D eigenvalue weighted by atomic mass is 32.2. The first-order valence-corrected chi connectivity index (χ1v) is 8.61. The van der Waals surface area contributed by atoms with Crippen LogP contribution in [0.4, 0.5) is 0 Å². The zero-order valence-electron chi connectivity index (χ0n) is 12.4. The summed E-state index contributed by atoms with van der Waals surface area (Å²) < 4.78 is 28.4. The van der Waals surface area contributed by atoms with Crippen LogP contribution in [-0.2, 0) is 10.0 Å². The van der Waals surface area contributed by atoms with Crippen molar-refractivity contribution in [1.29, 1.82) is 0 Å². The smallest absolute Gasteiger partial charge is 0.241 e. The summed E-state index contributed by atoms with van der Waals surface area (Å²) in [6.07, 6.45) is 0. The number of rotatable bonds is 3. The van der Waals surface area contributed by atoms with E-state index in [1.165, 1.54) is 0 Å². The fourth-order valence-electron chi connectivity index (χ4n) is 3.41. The van der Waals surface area contributed by atoms with Gasteiger partial charge in [0.25, 0.3) is 0 Å². The maximum Gasteiger partial charge on any atom is 0.241 e. The van der Waals surface area contributed by atoms with Crippen LogP contribution in [0, 0.1) is 39.5 Å². The molecular weight excluding hydrogens is 272 g/mol. The quantitative estimate of drug-likeness (QED) is 0.886. The topological polar surface area (TPSA) is 58.2 Å². The van der Waals surface area contributed by atoms with E-state index in [-0.39, 0.29) is 6.04 Å². The van der Waals surface area contributed by atoms with E-state index in [2.05, 4.69) is 16.1 Å². The van der Waals surface area contributed by atoms with Crippen molar-refractivity contribution >= 4 is 10.0 Å². The van der Waals surface area contributed by atoms with E-state index in [1.807, 2.05) is 27.7 Å². The number of fused-ring (bicyclic) bond motifs is 1. The van der Waals surface area contributed by atoms with Gasteiger partial charge >= 0.3 is 0 Å². The Bertz CT molecular complexity index is 631. The molecule has 110 valence electrons. The van der Waals surface area contributed by atoms with Crippen molar-refractivity contribution in [3.05, 3.63) is 28.3 Å². The van der Waals surface area contributed by atoms with Gasteiger partial charge in [-0.3, -0.25) is 0 Å². The zero-order valence-corrected chi connectivity index (χ0v) is 13.3. The lowest BCUT2D eigenvalue weighted by molar-refractivity contribution is 0.564. The molecule has 0 radical (unpaired) electrons. The highest BCUT2D eigenvalue weighted by Crippen LogP contribution is 2.42. The lowest BCUT2D eigenvalue weighted by Gasteiger charge is -2.17. The Balaban J connectivity index is 1.95. The van der Waals surface area contributed by atoms with Crippen LogP contribution in [0.2, 0.25) is 0 Å². The van der Waals surface area contributed by atoms with E-state index >= 15 is 0 Å². The number of sulfonamides is 1. The van der Waals surface area contributed by atoms with Gasteiger partial charge in [-0.25, -0.2) is 13.1 Å². The summed E-state index contributed by atoms with van der Waals surface area (Å²) >= 11 is 0. The SMILES string of the molecule is Cc1cc(C)c(C)c(S(=O)(=O)NC2C3CNCC32)c1C. The number of hydrogen-bond acceptors (Lipinski definition) is 3. The van der Waals surface area contributed by atoms with Crippen molar-refractivity contribution < 1.29 is 8.42 Å². The van der Waals surface area contributed by atoms with Gasteiger partial charge < -0.3 is 5.32 Å². The lowest BCUT2D eigenvalue weighted by atomic mass is 10.0. The molecule has 1 aliphatic heterocycles. The summed E-state index contributed by atoms with van der Waals surface area (Å²) in [5, 5.41) is 3.28. The van der Waals surface area contributed by atoms with E-state index < -0.39 is 10.0 Å². The van der Waals surface area contributed by atoms with Gasteiger partial charge in [-0.15, -0.1) is 0 Å². The Kier molecular flexibility index (Phi) is 3.19. The summed E-state index contributed by atoms with van der Waals surface area (Å²) in [6.45, 7) is 9.59. The molecule has 1 saturated heterocycles. The molecule has 1 heterocycles.